The number of piperazine rings is 1. The lowest BCUT2D eigenvalue weighted by Gasteiger charge is -2.40. The van der Waals surface area contributed by atoms with Gasteiger partial charge in [0.25, 0.3) is 5.91 Å². The molecule has 2 aliphatic carbocycles. The van der Waals surface area contributed by atoms with Gasteiger partial charge in [0.15, 0.2) is 5.78 Å². The van der Waals surface area contributed by atoms with Crippen molar-refractivity contribution < 1.29 is 23.9 Å². The van der Waals surface area contributed by atoms with E-state index in [0.29, 0.717) is 24.9 Å². The minimum Gasteiger partial charge on any atom is -0.377 e. The van der Waals surface area contributed by atoms with Crippen molar-refractivity contribution in [2.24, 2.45) is 0 Å². The molecule has 0 bridgehead atoms. The highest BCUT2D eigenvalue weighted by atomic mass is 16.5. The van der Waals surface area contributed by atoms with E-state index in [9.17, 15) is 14.4 Å². The predicted molar refractivity (Wildman–Crippen MR) is 138 cm³/mol. The van der Waals surface area contributed by atoms with Crippen LogP contribution in [0.5, 0.6) is 0 Å². The summed E-state index contributed by atoms with van der Waals surface area (Å²) in [6.07, 6.45) is 5.79. The van der Waals surface area contributed by atoms with Crippen LogP contribution in [-0.4, -0.2) is 104 Å². The molecule has 3 saturated heterocycles. The van der Waals surface area contributed by atoms with E-state index in [1.165, 1.54) is 12.8 Å². The Morgan fingerprint density at radius 2 is 1.73 bits per heavy atom. The summed E-state index contributed by atoms with van der Waals surface area (Å²) in [7, 11) is 1.58. The van der Waals surface area contributed by atoms with Crippen LogP contribution in [0.25, 0.3) is 0 Å². The Kier molecular flexibility index (Phi) is 6.71. The average molecular weight is 511 g/mol. The van der Waals surface area contributed by atoms with Crippen LogP contribution in [0.3, 0.4) is 0 Å². The molecular formula is C28H38N4O5. The summed E-state index contributed by atoms with van der Waals surface area (Å²) >= 11 is 0. The molecule has 200 valence electrons. The third-order valence-electron chi connectivity index (χ3n) is 9.04. The molecule has 1 N–H and O–H groups in total. The van der Waals surface area contributed by atoms with Gasteiger partial charge in [-0.3, -0.25) is 19.3 Å². The molecule has 1 aromatic rings. The number of amides is 2. The van der Waals surface area contributed by atoms with Gasteiger partial charge >= 0.3 is 0 Å². The summed E-state index contributed by atoms with van der Waals surface area (Å²) in [5.74, 6) is -0.517. The van der Waals surface area contributed by atoms with Crippen LogP contribution in [0.2, 0.25) is 0 Å². The smallest absolute Gasteiger partial charge is 0.252 e. The molecule has 5 aliphatic rings. The lowest BCUT2D eigenvalue weighted by molar-refractivity contribution is -0.143. The number of carbonyl (C=O) groups is 3. The van der Waals surface area contributed by atoms with Crippen LogP contribution in [-0.2, 0) is 19.1 Å². The number of nitrogens with one attached hydrogen (secondary N) is 1. The van der Waals surface area contributed by atoms with E-state index in [-0.39, 0.29) is 30.3 Å². The van der Waals surface area contributed by atoms with Crippen molar-refractivity contribution in [2.45, 2.75) is 74.8 Å². The zero-order valence-corrected chi connectivity index (χ0v) is 21.7. The Hall–Kier alpha value is -2.49. The highest BCUT2D eigenvalue weighted by Gasteiger charge is 2.56. The second-order valence-corrected chi connectivity index (χ2v) is 11.3. The van der Waals surface area contributed by atoms with E-state index >= 15 is 0 Å². The average Bonchev–Trinajstić information content (AvgIpc) is 3.62. The number of anilines is 1. The molecule has 9 nitrogen and oxygen atoms in total. The van der Waals surface area contributed by atoms with Crippen molar-refractivity contribution in [2.75, 3.05) is 51.3 Å². The summed E-state index contributed by atoms with van der Waals surface area (Å²) in [5, 5.41) is 3.13. The van der Waals surface area contributed by atoms with E-state index < -0.39 is 17.7 Å². The van der Waals surface area contributed by atoms with E-state index in [1.54, 1.807) is 12.0 Å². The number of hydrogen-bond acceptors (Lipinski definition) is 7. The molecule has 0 spiro atoms. The molecule has 0 unspecified atom stereocenters. The molecule has 3 atom stereocenters. The molecule has 0 aromatic heterocycles. The lowest BCUT2D eigenvalue weighted by atomic mass is 9.80. The third kappa shape index (κ3) is 4.66. The van der Waals surface area contributed by atoms with Gasteiger partial charge in [-0.25, -0.2) is 0 Å². The van der Waals surface area contributed by atoms with E-state index in [1.807, 2.05) is 24.3 Å². The maximum atomic E-state index is 14.0. The zero-order valence-electron chi connectivity index (χ0n) is 21.7. The maximum Gasteiger partial charge on any atom is 0.252 e. The predicted octanol–water partition coefficient (Wildman–Crippen LogP) is 1.60. The summed E-state index contributed by atoms with van der Waals surface area (Å²) in [6.45, 7) is 4.49. The van der Waals surface area contributed by atoms with Crippen molar-refractivity contribution in [3.63, 3.8) is 0 Å². The normalized spacial score (nSPS) is 29.9. The molecule has 6 rings (SSSR count). The molecule has 37 heavy (non-hydrogen) atoms. The van der Waals surface area contributed by atoms with Crippen molar-refractivity contribution in [3.8, 4) is 0 Å². The zero-order chi connectivity index (χ0) is 25.6. The summed E-state index contributed by atoms with van der Waals surface area (Å²) in [5.41, 5.74) is 0.666. The number of ketones is 1. The quantitative estimate of drug-likeness (QED) is 0.622. The molecular weight excluding hydrogens is 472 g/mol. The van der Waals surface area contributed by atoms with Crippen LogP contribution in [0.1, 0.15) is 55.3 Å². The number of Topliss-reactive ketones (excluding diaryl/α,β-unsaturated/α-hetero) is 1. The largest absolute Gasteiger partial charge is 0.377 e. The minimum atomic E-state index is -1.01. The number of fused-ring (bicyclic) bond motifs is 1. The fraction of sp³-hybridized carbons (Fsp3) is 0.679. The number of benzene rings is 1. The lowest BCUT2D eigenvalue weighted by Crippen LogP contribution is -2.62. The highest BCUT2D eigenvalue weighted by molar-refractivity contribution is 6.01. The first kappa shape index (κ1) is 24.8. The van der Waals surface area contributed by atoms with E-state index in [2.05, 4.69) is 15.1 Å². The van der Waals surface area contributed by atoms with E-state index in [0.717, 1.165) is 57.2 Å². The number of likely N-dealkylation sites (tertiary alicyclic amines) is 1. The van der Waals surface area contributed by atoms with Crippen molar-refractivity contribution in [1.82, 2.24) is 15.1 Å². The molecule has 0 radical (unpaired) electrons. The first-order valence-electron chi connectivity index (χ1n) is 13.9. The Labute approximate surface area is 218 Å². The fourth-order valence-corrected chi connectivity index (χ4v) is 6.75. The van der Waals surface area contributed by atoms with E-state index in [4.69, 9.17) is 9.47 Å². The van der Waals surface area contributed by atoms with Gasteiger partial charge in [0, 0.05) is 50.6 Å². The van der Waals surface area contributed by atoms with Gasteiger partial charge < -0.3 is 24.6 Å². The Morgan fingerprint density at radius 1 is 1.03 bits per heavy atom. The molecule has 1 aromatic carbocycles. The Bertz CT molecular complexity index is 1030. The topological polar surface area (TPSA) is 91.4 Å². The second kappa shape index (κ2) is 10.0. The van der Waals surface area contributed by atoms with Crippen LogP contribution >= 0.6 is 0 Å². The number of carbonyl (C=O) groups excluding carboxylic acids is 3. The van der Waals surface area contributed by atoms with Crippen LogP contribution in [0.15, 0.2) is 24.3 Å². The summed E-state index contributed by atoms with van der Waals surface area (Å²) in [4.78, 5) is 46.6. The number of hydrogen-bond donors (Lipinski definition) is 1. The molecule has 2 saturated carbocycles. The monoisotopic (exact) mass is 510 g/mol. The Morgan fingerprint density at radius 3 is 2.38 bits per heavy atom. The van der Waals surface area contributed by atoms with Crippen molar-refractivity contribution >= 4 is 23.3 Å². The summed E-state index contributed by atoms with van der Waals surface area (Å²) < 4.78 is 11.2. The van der Waals surface area contributed by atoms with Gasteiger partial charge in [-0.05, 0) is 49.9 Å². The van der Waals surface area contributed by atoms with Crippen molar-refractivity contribution in [3.05, 3.63) is 29.8 Å². The Balaban J connectivity index is 1.15. The molecule has 9 heteroatoms. The highest BCUT2D eigenvalue weighted by Crippen LogP contribution is 2.36. The van der Waals surface area contributed by atoms with Crippen LogP contribution in [0.4, 0.5) is 5.69 Å². The molecule has 3 heterocycles. The van der Waals surface area contributed by atoms with Gasteiger partial charge in [-0.15, -0.1) is 0 Å². The van der Waals surface area contributed by atoms with Gasteiger partial charge in [0.05, 0.1) is 6.54 Å². The molecule has 2 amide bonds. The van der Waals surface area contributed by atoms with Crippen LogP contribution < -0.4 is 10.2 Å². The number of nitrogens with zero attached hydrogens (tertiary/aromatic N) is 3. The standard InChI is InChI=1S/C28H38N4O5/c1-36-23-17-32(24-22(33)18-37-25(23)24)27(35)28(11-3-2-4-12-28)29-26(34)19-5-7-20(8-6-19)30-13-15-31(16-14-30)21-9-10-21/h5-8,21,23-25H,2-4,9-18H2,1H3,(H,29,34)/t23-,24+,25+/m0/s1. The van der Waals surface area contributed by atoms with Gasteiger partial charge in [0.1, 0.15) is 30.4 Å². The second-order valence-electron chi connectivity index (χ2n) is 11.3. The van der Waals surface area contributed by atoms with Crippen molar-refractivity contribution in [1.29, 1.82) is 0 Å². The number of ether oxygens (including phenoxy) is 2. The number of methoxy groups -OCH3 is 1. The fourth-order valence-electron chi connectivity index (χ4n) is 6.75. The third-order valence-corrected chi connectivity index (χ3v) is 9.04. The molecule has 5 fully saturated rings. The SMILES string of the molecule is CO[C@H]1CN(C(=O)C2(NC(=O)c3ccc(N4CCN(C5CC5)CC4)cc3)CCCCC2)[C@@H]2C(=O)CO[C@H]12. The minimum absolute atomic E-state index is 0.000309. The maximum absolute atomic E-state index is 14.0. The van der Waals surface area contributed by atoms with Gasteiger partial charge in [0.2, 0.25) is 5.91 Å². The first-order valence-corrected chi connectivity index (χ1v) is 13.9. The first-order chi connectivity index (χ1) is 18.0. The number of rotatable bonds is 6. The summed E-state index contributed by atoms with van der Waals surface area (Å²) in [6, 6.07) is 7.92. The van der Waals surface area contributed by atoms with Crippen LogP contribution in [0, 0.1) is 0 Å². The van der Waals surface area contributed by atoms with Gasteiger partial charge in [-0.1, -0.05) is 19.3 Å². The molecule has 3 aliphatic heterocycles. The van der Waals surface area contributed by atoms with Gasteiger partial charge in [-0.2, -0.15) is 0 Å².